The zero-order valence-corrected chi connectivity index (χ0v) is 18.5. The highest BCUT2D eigenvalue weighted by Gasteiger charge is 2.49. The summed E-state index contributed by atoms with van der Waals surface area (Å²) in [7, 11) is 0. The lowest BCUT2D eigenvalue weighted by Gasteiger charge is -2.22. The molecule has 2 heterocycles. The molecule has 3 aromatic rings. The number of benzene rings is 2. The number of halogens is 1. The van der Waals surface area contributed by atoms with Gasteiger partial charge in [0.2, 0.25) is 5.91 Å². The SMILES string of the molecule is Cc1ccc(C2(C)NC(=O)N(CC(=O)Nc3nc(-c4ccc(F)cc4)c(C)s3)C2=O)cc1. The molecule has 164 valence electrons. The average molecular weight is 453 g/mol. The molecule has 32 heavy (non-hydrogen) atoms. The topological polar surface area (TPSA) is 91.4 Å². The highest BCUT2D eigenvalue weighted by atomic mass is 32.1. The van der Waals surface area contributed by atoms with Crippen molar-refractivity contribution < 1.29 is 18.8 Å². The Morgan fingerprint density at radius 3 is 2.44 bits per heavy atom. The number of rotatable bonds is 5. The van der Waals surface area contributed by atoms with Gasteiger partial charge in [-0.25, -0.2) is 14.2 Å². The van der Waals surface area contributed by atoms with Crippen molar-refractivity contribution in [2.45, 2.75) is 26.3 Å². The second kappa shape index (κ2) is 8.16. The van der Waals surface area contributed by atoms with E-state index in [0.717, 1.165) is 20.9 Å². The average Bonchev–Trinajstić information content (AvgIpc) is 3.21. The van der Waals surface area contributed by atoms with Crippen molar-refractivity contribution in [3.63, 3.8) is 0 Å². The molecule has 1 aliphatic heterocycles. The molecule has 2 N–H and O–H groups in total. The summed E-state index contributed by atoms with van der Waals surface area (Å²) in [5.41, 5.74) is 1.79. The molecule has 1 fully saturated rings. The Hall–Kier alpha value is -3.59. The molecule has 1 aromatic heterocycles. The zero-order valence-electron chi connectivity index (χ0n) is 17.7. The predicted molar refractivity (Wildman–Crippen MR) is 120 cm³/mol. The lowest BCUT2D eigenvalue weighted by Crippen LogP contribution is -2.42. The highest BCUT2D eigenvalue weighted by Crippen LogP contribution is 2.31. The van der Waals surface area contributed by atoms with Crippen LogP contribution in [0.2, 0.25) is 0 Å². The Labute approximate surface area is 188 Å². The summed E-state index contributed by atoms with van der Waals surface area (Å²) in [6, 6.07) is 12.6. The molecule has 9 heteroatoms. The molecule has 2 aromatic carbocycles. The minimum atomic E-state index is -1.24. The van der Waals surface area contributed by atoms with Crippen molar-refractivity contribution in [2.75, 3.05) is 11.9 Å². The molecular weight excluding hydrogens is 431 g/mol. The number of anilines is 1. The van der Waals surface area contributed by atoms with E-state index in [1.54, 1.807) is 31.2 Å². The Balaban J connectivity index is 1.47. The Kier molecular flexibility index (Phi) is 5.52. The first-order valence-corrected chi connectivity index (χ1v) is 10.7. The van der Waals surface area contributed by atoms with Crippen molar-refractivity contribution >= 4 is 34.3 Å². The number of hydrogen-bond donors (Lipinski definition) is 2. The van der Waals surface area contributed by atoms with Crippen molar-refractivity contribution in [3.8, 4) is 11.3 Å². The third-order valence-electron chi connectivity index (χ3n) is 5.37. The number of imide groups is 1. The van der Waals surface area contributed by atoms with Gasteiger partial charge in [-0.15, -0.1) is 11.3 Å². The van der Waals surface area contributed by atoms with E-state index in [1.165, 1.54) is 23.5 Å². The second-order valence-electron chi connectivity index (χ2n) is 7.79. The molecule has 4 rings (SSSR count). The molecule has 1 aliphatic rings. The minimum Gasteiger partial charge on any atom is -0.319 e. The predicted octanol–water partition coefficient (Wildman–Crippen LogP) is 3.97. The number of nitrogens with one attached hydrogen (secondary N) is 2. The van der Waals surface area contributed by atoms with Gasteiger partial charge in [0, 0.05) is 10.4 Å². The Bertz CT molecular complexity index is 1210. The number of nitrogens with zero attached hydrogens (tertiary/aromatic N) is 2. The number of amides is 4. The summed E-state index contributed by atoms with van der Waals surface area (Å²) in [6.45, 7) is 4.96. The van der Waals surface area contributed by atoms with E-state index >= 15 is 0 Å². The van der Waals surface area contributed by atoms with E-state index in [1.807, 2.05) is 26.0 Å². The third kappa shape index (κ3) is 3.99. The molecule has 4 amide bonds. The van der Waals surface area contributed by atoms with Gasteiger partial charge < -0.3 is 10.6 Å². The number of hydrogen-bond acceptors (Lipinski definition) is 5. The van der Waals surface area contributed by atoms with E-state index in [0.29, 0.717) is 16.4 Å². The number of aromatic nitrogens is 1. The quantitative estimate of drug-likeness (QED) is 0.573. The maximum absolute atomic E-state index is 13.2. The van der Waals surface area contributed by atoms with E-state index in [2.05, 4.69) is 15.6 Å². The smallest absolute Gasteiger partial charge is 0.319 e. The summed E-state index contributed by atoms with van der Waals surface area (Å²) < 4.78 is 13.2. The van der Waals surface area contributed by atoms with Crippen LogP contribution in [0.1, 0.15) is 22.9 Å². The zero-order chi connectivity index (χ0) is 23.0. The number of aryl methyl sites for hydroxylation is 2. The first-order valence-electron chi connectivity index (χ1n) is 9.92. The van der Waals surface area contributed by atoms with Gasteiger partial charge >= 0.3 is 6.03 Å². The van der Waals surface area contributed by atoms with Crippen molar-refractivity contribution in [2.24, 2.45) is 0 Å². The number of carbonyl (C=O) groups excluding carboxylic acids is 3. The summed E-state index contributed by atoms with van der Waals surface area (Å²) in [5.74, 6) is -1.38. The monoisotopic (exact) mass is 452 g/mol. The summed E-state index contributed by atoms with van der Waals surface area (Å²) in [5, 5.41) is 5.67. The fourth-order valence-electron chi connectivity index (χ4n) is 3.55. The summed E-state index contributed by atoms with van der Waals surface area (Å²) in [4.78, 5) is 44.2. The molecule has 1 saturated heterocycles. The normalized spacial score (nSPS) is 18.1. The highest BCUT2D eigenvalue weighted by molar-refractivity contribution is 7.16. The molecule has 0 radical (unpaired) electrons. The molecule has 0 saturated carbocycles. The lowest BCUT2D eigenvalue weighted by molar-refractivity contribution is -0.133. The van der Waals surface area contributed by atoms with Crippen LogP contribution in [-0.2, 0) is 15.1 Å². The third-order valence-corrected chi connectivity index (χ3v) is 6.25. The number of urea groups is 1. The van der Waals surface area contributed by atoms with E-state index < -0.39 is 29.9 Å². The van der Waals surface area contributed by atoms with E-state index in [-0.39, 0.29) is 5.82 Å². The second-order valence-corrected chi connectivity index (χ2v) is 8.99. The van der Waals surface area contributed by atoms with Crippen LogP contribution < -0.4 is 10.6 Å². The van der Waals surface area contributed by atoms with Crippen LogP contribution in [0.25, 0.3) is 11.3 Å². The van der Waals surface area contributed by atoms with Crippen molar-refractivity contribution in [3.05, 3.63) is 70.4 Å². The van der Waals surface area contributed by atoms with Crippen LogP contribution in [0.5, 0.6) is 0 Å². The molecule has 0 bridgehead atoms. The van der Waals surface area contributed by atoms with Crippen molar-refractivity contribution in [1.82, 2.24) is 15.2 Å². The van der Waals surface area contributed by atoms with Gasteiger partial charge in [0.1, 0.15) is 17.9 Å². The van der Waals surface area contributed by atoms with Crippen LogP contribution in [0.4, 0.5) is 14.3 Å². The lowest BCUT2D eigenvalue weighted by atomic mass is 9.91. The van der Waals surface area contributed by atoms with Crippen molar-refractivity contribution in [1.29, 1.82) is 0 Å². The Morgan fingerprint density at radius 1 is 1.12 bits per heavy atom. The number of thiazole rings is 1. The molecule has 1 atom stereocenters. The maximum Gasteiger partial charge on any atom is 0.325 e. The van der Waals surface area contributed by atoms with Gasteiger partial charge in [0.15, 0.2) is 5.13 Å². The summed E-state index contributed by atoms with van der Waals surface area (Å²) >= 11 is 1.26. The van der Waals surface area contributed by atoms with Crippen LogP contribution in [0, 0.1) is 19.7 Å². The fourth-order valence-corrected chi connectivity index (χ4v) is 4.40. The van der Waals surface area contributed by atoms with Gasteiger partial charge in [-0.2, -0.15) is 0 Å². The minimum absolute atomic E-state index is 0.333. The molecule has 0 spiro atoms. The molecule has 7 nitrogen and oxygen atoms in total. The molecular formula is C23H21FN4O3S. The van der Waals surface area contributed by atoms with Gasteiger partial charge in [-0.1, -0.05) is 29.8 Å². The summed E-state index contributed by atoms with van der Waals surface area (Å²) in [6.07, 6.45) is 0. The molecule has 0 aliphatic carbocycles. The van der Waals surface area contributed by atoms with Crippen LogP contribution in [0.3, 0.4) is 0 Å². The van der Waals surface area contributed by atoms with Gasteiger partial charge in [-0.05, 0) is 50.6 Å². The van der Waals surface area contributed by atoms with E-state index in [9.17, 15) is 18.8 Å². The first-order chi connectivity index (χ1) is 15.2. The van der Waals surface area contributed by atoms with Crippen LogP contribution in [0.15, 0.2) is 48.5 Å². The largest absolute Gasteiger partial charge is 0.325 e. The fraction of sp³-hybridized carbons (Fsp3) is 0.217. The van der Waals surface area contributed by atoms with Gasteiger partial charge in [0.05, 0.1) is 5.69 Å². The van der Waals surface area contributed by atoms with Crippen LogP contribution >= 0.6 is 11.3 Å². The Morgan fingerprint density at radius 2 is 1.78 bits per heavy atom. The standard InChI is InChI=1S/C23H21FN4O3S/c1-13-4-8-16(9-5-13)23(3)20(30)28(22(31)27-23)12-18(29)25-21-26-19(14(2)32-21)15-6-10-17(24)11-7-15/h4-11H,12H2,1-3H3,(H,27,31)(H,25,26,29). The molecule has 1 unspecified atom stereocenters. The number of carbonyl (C=O) groups is 3. The van der Waals surface area contributed by atoms with Gasteiger partial charge in [0.25, 0.3) is 5.91 Å². The first kappa shape index (κ1) is 21.6. The van der Waals surface area contributed by atoms with E-state index in [4.69, 9.17) is 0 Å². The van der Waals surface area contributed by atoms with Gasteiger partial charge in [-0.3, -0.25) is 14.5 Å². The maximum atomic E-state index is 13.2. The van der Waals surface area contributed by atoms with Crippen LogP contribution in [-0.4, -0.2) is 34.3 Å².